The second-order valence-electron chi connectivity index (χ2n) is 2.97. The first-order valence-electron chi connectivity index (χ1n) is 4.22. The minimum absolute atomic E-state index is 0.213. The summed E-state index contributed by atoms with van der Waals surface area (Å²) in [7, 11) is -4.44. The van der Waals surface area contributed by atoms with Crippen LogP contribution in [0.4, 0.5) is 0 Å². The molecule has 0 aliphatic heterocycles. The van der Waals surface area contributed by atoms with Gasteiger partial charge in [0, 0.05) is 12.1 Å². The predicted molar refractivity (Wildman–Crippen MR) is 55.2 cm³/mol. The predicted octanol–water partition coefficient (Wildman–Crippen LogP) is 0.0844. The zero-order valence-corrected chi connectivity index (χ0v) is 8.65. The lowest BCUT2D eigenvalue weighted by atomic mass is 10.1. The van der Waals surface area contributed by atoms with Gasteiger partial charge in [-0.1, -0.05) is 30.3 Å². The van der Waals surface area contributed by atoms with E-state index in [-0.39, 0.29) is 5.56 Å². The van der Waals surface area contributed by atoms with E-state index in [0.717, 1.165) is 0 Å². The van der Waals surface area contributed by atoms with E-state index in [1.54, 1.807) is 18.2 Å². The summed E-state index contributed by atoms with van der Waals surface area (Å²) in [6, 6.07) is 7.84. The van der Waals surface area contributed by atoms with Crippen LogP contribution in [-0.2, 0) is 10.1 Å². The molecule has 0 fully saturated rings. The van der Waals surface area contributed by atoms with Crippen molar-refractivity contribution in [1.29, 1.82) is 0 Å². The van der Waals surface area contributed by atoms with Gasteiger partial charge in [0.2, 0.25) is 0 Å². The number of rotatable bonds is 4. The lowest BCUT2D eigenvalue weighted by molar-refractivity contribution is 0.0986. The first kappa shape index (κ1) is 11.8. The summed E-state index contributed by atoms with van der Waals surface area (Å²) in [5, 5.41) is -1.58. The molecule has 0 amide bonds. The summed E-state index contributed by atoms with van der Waals surface area (Å²) in [6.45, 7) is -0.438. The van der Waals surface area contributed by atoms with Gasteiger partial charge in [0.1, 0.15) is 0 Å². The second kappa shape index (κ2) is 4.52. The van der Waals surface area contributed by atoms with E-state index in [9.17, 15) is 13.2 Å². The molecule has 1 rings (SSSR count). The third-order valence-corrected chi connectivity index (χ3v) is 3.05. The molecule has 1 atom stereocenters. The highest BCUT2D eigenvalue weighted by molar-refractivity contribution is 7.87. The number of hydrogen-bond donors (Lipinski definition) is 2. The average Bonchev–Trinajstić information content (AvgIpc) is 2.18. The van der Waals surface area contributed by atoms with Crippen LogP contribution in [0.15, 0.2) is 30.3 Å². The van der Waals surface area contributed by atoms with E-state index in [0.29, 0.717) is 0 Å². The number of nitrogens with two attached hydrogens (primary N) is 1. The molecule has 0 saturated carbocycles. The SMILES string of the molecule is NCC(C(=O)c1ccccc1)S(=O)(=O)O. The highest BCUT2D eigenvalue weighted by Crippen LogP contribution is 2.08. The van der Waals surface area contributed by atoms with E-state index in [4.69, 9.17) is 10.3 Å². The summed E-state index contributed by atoms with van der Waals surface area (Å²) >= 11 is 0. The van der Waals surface area contributed by atoms with Crippen LogP contribution in [0.3, 0.4) is 0 Å². The van der Waals surface area contributed by atoms with Gasteiger partial charge in [-0.15, -0.1) is 0 Å². The van der Waals surface area contributed by atoms with Crippen LogP contribution >= 0.6 is 0 Å². The molecule has 0 aliphatic carbocycles. The number of carbonyl (C=O) groups is 1. The van der Waals surface area contributed by atoms with Crippen LogP contribution in [0.2, 0.25) is 0 Å². The van der Waals surface area contributed by atoms with Gasteiger partial charge in [-0.3, -0.25) is 9.35 Å². The quantitative estimate of drug-likeness (QED) is 0.563. The fourth-order valence-electron chi connectivity index (χ4n) is 1.15. The first-order chi connectivity index (χ1) is 6.96. The molecule has 15 heavy (non-hydrogen) atoms. The Hall–Kier alpha value is -1.24. The molecule has 1 aromatic carbocycles. The number of benzene rings is 1. The van der Waals surface area contributed by atoms with Crippen molar-refractivity contribution in [2.75, 3.05) is 6.54 Å². The molecule has 0 radical (unpaired) electrons. The monoisotopic (exact) mass is 229 g/mol. The summed E-state index contributed by atoms with van der Waals surface area (Å²) in [4.78, 5) is 11.6. The van der Waals surface area contributed by atoms with Crippen LogP contribution in [0.25, 0.3) is 0 Å². The third-order valence-electron chi connectivity index (χ3n) is 1.92. The van der Waals surface area contributed by atoms with Crippen molar-refractivity contribution in [3.8, 4) is 0 Å². The topological polar surface area (TPSA) is 97.5 Å². The van der Waals surface area contributed by atoms with Gasteiger partial charge in [0.05, 0.1) is 0 Å². The maximum absolute atomic E-state index is 11.6. The Morgan fingerprint density at radius 3 is 2.27 bits per heavy atom. The number of Topliss-reactive ketones (excluding diaryl/α,β-unsaturated/α-hetero) is 1. The maximum Gasteiger partial charge on any atom is 0.276 e. The Morgan fingerprint density at radius 2 is 1.87 bits per heavy atom. The van der Waals surface area contributed by atoms with E-state index in [2.05, 4.69) is 0 Å². The lowest BCUT2D eigenvalue weighted by Crippen LogP contribution is -2.36. The average molecular weight is 229 g/mol. The minimum Gasteiger partial charge on any atom is -0.329 e. The van der Waals surface area contributed by atoms with Gasteiger partial charge in [0.25, 0.3) is 10.1 Å². The number of carbonyl (C=O) groups excluding carboxylic acids is 1. The number of hydrogen-bond acceptors (Lipinski definition) is 4. The highest BCUT2D eigenvalue weighted by atomic mass is 32.2. The van der Waals surface area contributed by atoms with Gasteiger partial charge in [-0.05, 0) is 0 Å². The van der Waals surface area contributed by atoms with Crippen molar-refractivity contribution in [1.82, 2.24) is 0 Å². The summed E-state index contributed by atoms with van der Waals surface area (Å²) in [6.07, 6.45) is 0. The van der Waals surface area contributed by atoms with E-state index in [1.807, 2.05) is 0 Å². The van der Waals surface area contributed by atoms with E-state index >= 15 is 0 Å². The van der Waals surface area contributed by atoms with Crippen molar-refractivity contribution in [3.05, 3.63) is 35.9 Å². The van der Waals surface area contributed by atoms with Crippen molar-refractivity contribution >= 4 is 15.9 Å². The zero-order valence-electron chi connectivity index (χ0n) is 7.83. The van der Waals surface area contributed by atoms with Crippen LogP contribution in [0.1, 0.15) is 10.4 Å². The summed E-state index contributed by atoms with van der Waals surface area (Å²) in [5.74, 6) is -0.694. The van der Waals surface area contributed by atoms with Crippen LogP contribution in [0.5, 0.6) is 0 Å². The summed E-state index contributed by atoms with van der Waals surface area (Å²) < 4.78 is 30.4. The standard InChI is InChI=1S/C9H11NO4S/c10-6-8(15(12,13)14)9(11)7-4-2-1-3-5-7/h1-5,8H,6,10H2,(H,12,13,14). The van der Waals surface area contributed by atoms with Gasteiger partial charge in [0.15, 0.2) is 11.0 Å². The molecule has 5 nitrogen and oxygen atoms in total. The molecule has 3 N–H and O–H groups in total. The fourth-order valence-corrected chi connectivity index (χ4v) is 1.80. The van der Waals surface area contributed by atoms with E-state index in [1.165, 1.54) is 12.1 Å². The maximum atomic E-state index is 11.6. The van der Waals surface area contributed by atoms with Gasteiger partial charge in [-0.25, -0.2) is 0 Å². The molecule has 0 saturated heterocycles. The molecule has 1 unspecified atom stereocenters. The minimum atomic E-state index is -4.44. The first-order valence-corrected chi connectivity index (χ1v) is 5.72. The Morgan fingerprint density at radius 1 is 1.33 bits per heavy atom. The Kier molecular flexibility index (Phi) is 3.57. The summed E-state index contributed by atoms with van der Waals surface area (Å²) in [5.41, 5.74) is 5.35. The molecule has 82 valence electrons. The molecule has 1 aromatic rings. The number of ketones is 1. The zero-order chi connectivity index (χ0) is 11.5. The van der Waals surface area contributed by atoms with Crippen LogP contribution in [0, 0.1) is 0 Å². The van der Waals surface area contributed by atoms with Crippen molar-refractivity contribution < 1.29 is 17.8 Å². The largest absolute Gasteiger partial charge is 0.329 e. The smallest absolute Gasteiger partial charge is 0.276 e. The van der Waals surface area contributed by atoms with Crippen molar-refractivity contribution in [2.24, 2.45) is 5.73 Å². The highest BCUT2D eigenvalue weighted by Gasteiger charge is 2.29. The fraction of sp³-hybridized carbons (Fsp3) is 0.222. The molecular weight excluding hydrogens is 218 g/mol. The third kappa shape index (κ3) is 2.85. The molecule has 0 bridgehead atoms. The molecule has 0 aliphatic rings. The molecular formula is C9H11NO4S. The van der Waals surface area contributed by atoms with Crippen molar-refractivity contribution in [3.63, 3.8) is 0 Å². The normalized spacial score (nSPS) is 13.5. The molecule has 0 heterocycles. The van der Waals surface area contributed by atoms with Gasteiger partial charge < -0.3 is 5.73 Å². The lowest BCUT2D eigenvalue weighted by Gasteiger charge is -2.09. The van der Waals surface area contributed by atoms with Gasteiger partial charge >= 0.3 is 0 Å². The van der Waals surface area contributed by atoms with Gasteiger partial charge in [-0.2, -0.15) is 8.42 Å². The van der Waals surface area contributed by atoms with Crippen LogP contribution in [-0.4, -0.2) is 30.5 Å². The van der Waals surface area contributed by atoms with Crippen molar-refractivity contribution in [2.45, 2.75) is 5.25 Å². The molecule has 0 spiro atoms. The molecule has 6 heteroatoms. The second-order valence-corrected chi connectivity index (χ2v) is 4.57. The Balaban J connectivity index is 3.04. The Bertz CT molecular complexity index is 440. The van der Waals surface area contributed by atoms with E-state index < -0.39 is 27.7 Å². The Labute approximate surface area is 87.7 Å². The molecule has 0 aromatic heterocycles. The van der Waals surface area contributed by atoms with Crippen LogP contribution < -0.4 is 5.73 Å².